The fraction of sp³-hybridized carbons (Fsp3) is 0.385. The van der Waals surface area contributed by atoms with Crippen molar-refractivity contribution in [2.75, 3.05) is 24.8 Å². The second-order valence-corrected chi connectivity index (χ2v) is 9.11. The van der Waals surface area contributed by atoms with Crippen molar-refractivity contribution in [2.45, 2.75) is 44.7 Å². The molecule has 1 amide bonds. The Hall–Kier alpha value is -3.33. The minimum absolute atomic E-state index is 0.182. The number of ether oxygens (including phenoxy) is 2. The number of nitrogens with one attached hydrogen (secondary N) is 1. The van der Waals surface area contributed by atoms with E-state index in [4.69, 9.17) is 9.47 Å². The van der Waals surface area contributed by atoms with Gasteiger partial charge in [-0.2, -0.15) is 0 Å². The summed E-state index contributed by atoms with van der Waals surface area (Å²) < 4.78 is 12.4. The molecule has 1 N–H and O–H groups in total. The van der Waals surface area contributed by atoms with Crippen LogP contribution in [0.25, 0.3) is 0 Å². The van der Waals surface area contributed by atoms with Gasteiger partial charge in [0.2, 0.25) is 5.91 Å². The standard InChI is InChI=1S/C26H32N4O4S/c1-5-14-34-25(32)20-9-7-10-21(16-20)27-24(31)17-35-26-29-28-23(30(26)3)11-6-8-19-12-13-22(33-4)18(2)15-19/h7,9-10,12-13,15-16H,5-6,8,11,14,17H2,1-4H3,(H,27,31). The Labute approximate surface area is 210 Å². The molecule has 0 atom stereocenters. The van der Waals surface area contributed by atoms with Crippen LogP contribution in [0.3, 0.4) is 0 Å². The molecule has 0 fully saturated rings. The fourth-order valence-electron chi connectivity index (χ4n) is 3.56. The summed E-state index contributed by atoms with van der Waals surface area (Å²) in [4.78, 5) is 24.5. The molecule has 0 radical (unpaired) electrons. The topological polar surface area (TPSA) is 95.3 Å². The van der Waals surface area contributed by atoms with Gasteiger partial charge in [0.25, 0.3) is 0 Å². The molecule has 8 nitrogen and oxygen atoms in total. The Morgan fingerprint density at radius 3 is 2.69 bits per heavy atom. The van der Waals surface area contributed by atoms with Crippen LogP contribution < -0.4 is 10.1 Å². The number of amides is 1. The van der Waals surface area contributed by atoms with Crippen molar-refractivity contribution >= 4 is 29.3 Å². The smallest absolute Gasteiger partial charge is 0.338 e. The van der Waals surface area contributed by atoms with Crippen LogP contribution >= 0.6 is 11.8 Å². The zero-order valence-corrected chi connectivity index (χ0v) is 21.5. The first-order valence-corrected chi connectivity index (χ1v) is 12.6. The highest BCUT2D eigenvalue weighted by molar-refractivity contribution is 7.99. The lowest BCUT2D eigenvalue weighted by atomic mass is 10.0. The van der Waals surface area contributed by atoms with Crippen molar-refractivity contribution in [3.8, 4) is 5.75 Å². The molecule has 3 aromatic rings. The largest absolute Gasteiger partial charge is 0.496 e. The van der Waals surface area contributed by atoms with Crippen LogP contribution in [0.2, 0.25) is 0 Å². The Kier molecular flexibility index (Phi) is 9.72. The SMILES string of the molecule is CCCOC(=O)c1cccc(NC(=O)CSc2nnc(CCCc3ccc(OC)c(C)c3)n2C)c1. The molecular weight excluding hydrogens is 464 g/mol. The van der Waals surface area contributed by atoms with Gasteiger partial charge in [-0.3, -0.25) is 4.79 Å². The summed E-state index contributed by atoms with van der Waals surface area (Å²) in [6.45, 7) is 4.35. The number of carbonyl (C=O) groups is 2. The van der Waals surface area contributed by atoms with Gasteiger partial charge in [-0.25, -0.2) is 4.79 Å². The molecule has 186 valence electrons. The maximum atomic E-state index is 12.4. The summed E-state index contributed by atoms with van der Waals surface area (Å²) in [5, 5.41) is 12.0. The third-order valence-electron chi connectivity index (χ3n) is 5.40. The average molecular weight is 497 g/mol. The van der Waals surface area contributed by atoms with Gasteiger partial charge in [-0.15, -0.1) is 10.2 Å². The van der Waals surface area contributed by atoms with E-state index in [1.165, 1.54) is 17.3 Å². The second kappa shape index (κ2) is 12.9. The van der Waals surface area contributed by atoms with Gasteiger partial charge >= 0.3 is 5.97 Å². The third-order valence-corrected chi connectivity index (χ3v) is 6.42. The summed E-state index contributed by atoms with van der Waals surface area (Å²) in [7, 11) is 3.60. The van der Waals surface area contributed by atoms with Gasteiger partial charge < -0.3 is 19.4 Å². The molecule has 1 heterocycles. The van der Waals surface area contributed by atoms with E-state index in [0.717, 1.165) is 42.8 Å². The monoisotopic (exact) mass is 496 g/mol. The minimum atomic E-state index is -0.397. The van der Waals surface area contributed by atoms with Crippen LogP contribution in [0, 0.1) is 6.92 Å². The van der Waals surface area contributed by atoms with Crippen molar-refractivity contribution in [3.05, 3.63) is 65.0 Å². The highest BCUT2D eigenvalue weighted by atomic mass is 32.2. The molecule has 0 saturated carbocycles. The van der Waals surface area contributed by atoms with Gasteiger partial charge in [0, 0.05) is 19.2 Å². The van der Waals surface area contributed by atoms with E-state index >= 15 is 0 Å². The summed E-state index contributed by atoms with van der Waals surface area (Å²) in [6.07, 6.45) is 3.43. The number of hydrogen-bond donors (Lipinski definition) is 1. The predicted molar refractivity (Wildman–Crippen MR) is 137 cm³/mol. The van der Waals surface area contributed by atoms with Crippen molar-refractivity contribution in [1.82, 2.24) is 14.8 Å². The first-order valence-electron chi connectivity index (χ1n) is 11.6. The molecule has 0 saturated heterocycles. The van der Waals surface area contributed by atoms with E-state index in [9.17, 15) is 9.59 Å². The molecule has 0 unspecified atom stereocenters. The third kappa shape index (κ3) is 7.58. The Morgan fingerprint density at radius 1 is 1.11 bits per heavy atom. The summed E-state index contributed by atoms with van der Waals surface area (Å²) in [5.41, 5.74) is 3.35. The number of nitrogens with zero attached hydrogens (tertiary/aromatic N) is 3. The van der Waals surface area contributed by atoms with Crippen molar-refractivity contribution < 1.29 is 19.1 Å². The van der Waals surface area contributed by atoms with E-state index in [1.54, 1.807) is 31.4 Å². The number of thioether (sulfide) groups is 1. The van der Waals surface area contributed by atoms with E-state index in [0.29, 0.717) is 23.0 Å². The van der Waals surface area contributed by atoms with Gasteiger partial charge in [0.1, 0.15) is 11.6 Å². The van der Waals surface area contributed by atoms with Crippen LogP contribution in [0.15, 0.2) is 47.6 Å². The highest BCUT2D eigenvalue weighted by Crippen LogP contribution is 2.21. The molecule has 1 aromatic heterocycles. The summed E-state index contributed by atoms with van der Waals surface area (Å²) >= 11 is 1.32. The van der Waals surface area contributed by atoms with Gasteiger partial charge in [0.15, 0.2) is 5.16 Å². The number of benzene rings is 2. The van der Waals surface area contributed by atoms with Crippen LogP contribution in [-0.2, 0) is 29.4 Å². The number of carbonyl (C=O) groups excluding carboxylic acids is 2. The van der Waals surface area contributed by atoms with E-state index < -0.39 is 5.97 Å². The van der Waals surface area contributed by atoms with Crippen molar-refractivity contribution in [3.63, 3.8) is 0 Å². The van der Waals surface area contributed by atoms with Crippen LogP contribution in [-0.4, -0.2) is 46.1 Å². The minimum Gasteiger partial charge on any atom is -0.496 e. The van der Waals surface area contributed by atoms with Crippen molar-refractivity contribution in [1.29, 1.82) is 0 Å². The van der Waals surface area contributed by atoms with Gasteiger partial charge in [0.05, 0.1) is 25.0 Å². The van der Waals surface area contributed by atoms with Crippen molar-refractivity contribution in [2.24, 2.45) is 7.05 Å². The molecule has 0 aliphatic carbocycles. The Morgan fingerprint density at radius 2 is 1.94 bits per heavy atom. The summed E-state index contributed by atoms with van der Waals surface area (Å²) in [5.74, 6) is 1.38. The van der Waals surface area contributed by atoms with Crippen LogP contribution in [0.4, 0.5) is 5.69 Å². The van der Waals surface area contributed by atoms with E-state index in [2.05, 4.69) is 27.6 Å². The lowest BCUT2D eigenvalue weighted by Crippen LogP contribution is -2.15. The number of anilines is 1. The van der Waals surface area contributed by atoms with Gasteiger partial charge in [-0.1, -0.05) is 36.9 Å². The lowest BCUT2D eigenvalue weighted by Gasteiger charge is -2.08. The molecule has 3 rings (SSSR count). The zero-order chi connectivity index (χ0) is 25.2. The highest BCUT2D eigenvalue weighted by Gasteiger charge is 2.13. The van der Waals surface area contributed by atoms with E-state index in [1.807, 2.05) is 31.5 Å². The zero-order valence-electron chi connectivity index (χ0n) is 20.7. The van der Waals surface area contributed by atoms with Crippen LogP contribution in [0.1, 0.15) is 47.1 Å². The van der Waals surface area contributed by atoms with Crippen LogP contribution in [0.5, 0.6) is 5.75 Å². The molecule has 0 bridgehead atoms. The number of rotatable bonds is 12. The number of aromatic nitrogens is 3. The normalized spacial score (nSPS) is 10.7. The Bertz CT molecular complexity index is 1160. The molecular formula is C26H32N4O4S. The molecule has 0 aliphatic rings. The maximum Gasteiger partial charge on any atom is 0.338 e. The number of methoxy groups -OCH3 is 1. The summed E-state index contributed by atoms with van der Waals surface area (Å²) in [6, 6.07) is 13.0. The number of aryl methyl sites for hydroxylation is 3. The predicted octanol–water partition coefficient (Wildman–Crippen LogP) is 4.61. The lowest BCUT2D eigenvalue weighted by molar-refractivity contribution is -0.113. The number of esters is 1. The van der Waals surface area contributed by atoms with E-state index in [-0.39, 0.29) is 11.7 Å². The second-order valence-electron chi connectivity index (χ2n) is 8.17. The molecule has 2 aromatic carbocycles. The molecule has 35 heavy (non-hydrogen) atoms. The first-order chi connectivity index (χ1) is 16.9. The quantitative estimate of drug-likeness (QED) is 0.289. The Balaban J connectivity index is 1.47. The first kappa shape index (κ1) is 26.3. The molecule has 9 heteroatoms. The number of hydrogen-bond acceptors (Lipinski definition) is 7. The molecule has 0 aliphatic heterocycles. The fourth-order valence-corrected chi connectivity index (χ4v) is 4.29. The molecule has 0 spiro atoms. The van der Waals surface area contributed by atoms with Gasteiger partial charge in [-0.05, 0) is 61.6 Å². The maximum absolute atomic E-state index is 12.4. The average Bonchev–Trinajstić information content (AvgIpc) is 3.20.